The first-order valence-corrected chi connectivity index (χ1v) is 10.2. The molecule has 0 unspecified atom stereocenters. The van der Waals surface area contributed by atoms with Gasteiger partial charge in [-0.1, -0.05) is 6.07 Å². The first-order valence-electron chi connectivity index (χ1n) is 10.2. The Hall–Kier alpha value is -2.88. The predicted molar refractivity (Wildman–Crippen MR) is 107 cm³/mol. The average Bonchev–Trinajstić information content (AvgIpc) is 3.22. The van der Waals surface area contributed by atoms with Gasteiger partial charge in [0.05, 0.1) is 11.0 Å². The molecule has 30 heavy (non-hydrogen) atoms. The van der Waals surface area contributed by atoms with Crippen LogP contribution < -0.4 is 24.0 Å². The lowest BCUT2D eigenvalue weighted by atomic mass is 10.1. The fourth-order valence-electron chi connectivity index (χ4n) is 3.95. The summed E-state index contributed by atoms with van der Waals surface area (Å²) in [4.78, 5) is 13.2. The molecule has 2 aliphatic rings. The van der Waals surface area contributed by atoms with Crippen molar-refractivity contribution in [1.29, 1.82) is 0 Å². The molecule has 0 radical (unpaired) electrons. The molecular weight excluding hydrogens is 390 g/mol. The first-order chi connectivity index (χ1) is 14.6. The van der Waals surface area contributed by atoms with Crippen molar-refractivity contribution >= 4 is 5.69 Å². The van der Waals surface area contributed by atoms with Crippen LogP contribution in [-0.2, 0) is 6.54 Å². The topological polar surface area (TPSA) is 99.9 Å². The van der Waals surface area contributed by atoms with E-state index >= 15 is 0 Å². The molecule has 2 aliphatic heterocycles. The minimum Gasteiger partial charge on any atom is -0.490 e. The van der Waals surface area contributed by atoms with Crippen molar-refractivity contribution in [2.75, 3.05) is 46.1 Å². The molecule has 9 nitrogen and oxygen atoms in total. The smallest absolute Gasteiger partial charge is 0.273 e. The molecule has 0 saturated carbocycles. The van der Waals surface area contributed by atoms with Crippen molar-refractivity contribution in [2.24, 2.45) is 0 Å². The molecule has 0 spiro atoms. The molecule has 1 atom stereocenters. The highest BCUT2D eigenvalue weighted by molar-refractivity contribution is 5.44. The van der Waals surface area contributed by atoms with E-state index in [0.717, 1.165) is 44.2 Å². The van der Waals surface area contributed by atoms with E-state index in [1.54, 1.807) is 12.1 Å². The predicted octanol–water partition coefficient (Wildman–Crippen LogP) is -0.953. The minimum absolute atomic E-state index is 0.0193. The monoisotopic (exact) mass is 417 g/mol. The number of rotatable bonds is 8. The molecule has 2 heterocycles. The van der Waals surface area contributed by atoms with E-state index in [0.29, 0.717) is 19.1 Å². The molecule has 0 amide bonds. The molecule has 9 heteroatoms. The second kappa shape index (κ2) is 9.29. The normalized spacial score (nSPS) is 21.2. The Morgan fingerprint density at radius 3 is 2.63 bits per heavy atom. The third kappa shape index (κ3) is 5.18. The van der Waals surface area contributed by atoms with E-state index in [2.05, 4.69) is 12.1 Å². The van der Waals surface area contributed by atoms with E-state index in [1.165, 1.54) is 27.5 Å². The van der Waals surface area contributed by atoms with Gasteiger partial charge in [-0.15, -0.1) is 0 Å². The van der Waals surface area contributed by atoms with Gasteiger partial charge < -0.3 is 29.1 Å². The van der Waals surface area contributed by atoms with Crippen LogP contribution in [0.15, 0.2) is 42.5 Å². The molecule has 1 fully saturated rings. The lowest BCUT2D eigenvalue weighted by Crippen LogP contribution is -3.28. The zero-order chi connectivity index (χ0) is 20.9. The standard InChI is InChI=1S/C21H25N3O6/c25-18(14-28-19-3-1-2-17(11-19)24(26)27)13-23-8-6-22(7-9-23)12-16-4-5-20-21(10-16)30-15-29-20/h1-5,10-11,18,25H,6-9,12-15H2/p+2/t18-/m0/s1. The van der Waals surface area contributed by atoms with Crippen LogP contribution in [0.2, 0.25) is 0 Å². The number of non-ortho nitro benzene ring substituents is 1. The highest BCUT2D eigenvalue weighted by Gasteiger charge is 2.26. The molecule has 3 N–H and O–H groups in total. The maximum Gasteiger partial charge on any atom is 0.273 e. The Morgan fingerprint density at radius 1 is 1.07 bits per heavy atom. The van der Waals surface area contributed by atoms with Crippen LogP contribution in [0, 0.1) is 10.1 Å². The second-order valence-corrected chi connectivity index (χ2v) is 7.79. The number of nitrogens with zero attached hydrogens (tertiary/aromatic N) is 1. The van der Waals surface area contributed by atoms with Crippen molar-refractivity contribution in [3.8, 4) is 17.2 Å². The number of nitro groups is 1. The summed E-state index contributed by atoms with van der Waals surface area (Å²) in [5.41, 5.74) is 1.22. The van der Waals surface area contributed by atoms with E-state index < -0.39 is 11.0 Å². The summed E-state index contributed by atoms with van der Waals surface area (Å²) < 4.78 is 16.4. The molecule has 1 saturated heterocycles. The van der Waals surface area contributed by atoms with E-state index in [9.17, 15) is 15.2 Å². The van der Waals surface area contributed by atoms with Crippen LogP contribution in [0.1, 0.15) is 5.56 Å². The van der Waals surface area contributed by atoms with Crippen molar-refractivity contribution in [3.05, 3.63) is 58.1 Å². The van der Waals surface area contributed by atoms with Crippen molar-refractivity contribution in [3.63, 3.8) is 0 Å². The highest BCUT2D eigenvalue weighted by Crippen LogP contribution is 2.32. The number of aliphatic hydroxyl groups is 1. The Bertz CT molecular complexity index is 885. The summed E-state index contributed by atoms with van der Waals surface area (Å²) in [5.74, 6) is 2.03. The number of nitrogens with one attached hydrogen (secondary N) is 2. The van der Waals surface area contributed by atoms with Crippen LogP contribution >= 0.6 is 0 Å². The Morgan fingerprint density at radius 2 is 1.83 bits per heavy atom. The lowest BCUT2D eigenvalue weighted by Gasteiger charge is -2.30. The average molecular weight is 417 g/mol. The fourth-order valence-corrected chi connectivity index (χ4v) is 3.95. The maximum absolute atomic E-state index is 10.8. The summed E-state index contributed by atoms with van der Waals surface area (Å²) in [5, 5.41) is 21.1. The van der Waals surface area contributed by atoms with Gasteiger partial charge in [0, 0.05) is 11.6 Å². The molecular formula is C21H27N3O6+2. The fraction of sp³-hybridized carbons (Fsp3) is 0.429. The Kier molecular flexibility index (Phi) is 6.32. The third-order valence-electron chi connectivity index (χ3n) is 5.55. The van der Waals surface area contributed by atoms with Gasteiger partial charge in [0.1, 0.15) is 57.7 Å². The number of benzene rings is 2. The number of hydrogen-bond acceptors (Lipinski definition) is 6. The third-order valence-corrected chi connectivity index (χ3v) is 5.55. The quantitative estimate of drug-likeness (QED) is 0.378. The molecule has 4 rings (SSSR count). The second-order valence-electron chi connectivity index (χ2n) is 7.79. The number of nitro benzene ring substituents is 1. The van der Waals surface area contributed by atoms with Crippen LogP contribution in [0.3, 0.4) is 0 Å². The highest BCUT2D eigenvalue weighted by atomic mass is 16.7. The SMILES string of the molecule is O=[N+]([O-])c1cccc(OC[C@@H](O)C[NH+]2CC[NH+](Cc3ccc4c(c3)OCO4)CC2)c1. The Labute approximate surface area is 174 Å². The number of hydrogen-bond donors (Lipinski definition) is 3. The number of aliphatic hydroxyl groups excluding tert-OH is 1. The first kappa shape index (κ1) is 20.4. The number of fused-ring (bicyclic) bond motifs is 1. The molecule has 2 aromatic carbocycles. The van der Waals surface area contributed by atoms with Crippen LogP contribution in [0.5, 0.6) is 17.2 Å². The van der Waals surface area contributed by atoms with Gasteiger partial charge in [-0.2, -0.15) is 0 Å². The summed E-state index contributed by atoms with van der Waals surface area (Å²) in [6, 6.07) is 12.1. The zero-order valence-electron chi connectivity index (χ0n) is 16.7. The number of piperazine rings is 1. The molecule has 160 valence electrons. The van der Waals surface area contributed by atoms with E-state index in [-0.39, 0.29) is 12.3 Å². The molecule has 2 aromatic rings. The number of quaternary nitrogens is 2. The van der Waals surface area contributed by atoms with Crippen molar-refractivity contribution < 1.29 is 34.0 Å². The maximum atomic E-state index is 10.8. The Balaban J connectivity index is 1.19. The molecule has 0 aliphatic carbocycles. The van der Waals surface area contributed by atoms with E-state index in [1.807, 2.05) is 6.07 Å². The minimum atomic E-state index is -0.616. The number of ether oxygens (including phenoxy) is 3. The molecule has 0 aromatic heterocycles. The van der Waals surface area contributed by atoms with Crippen LogP contribution in [-0.4, -0.2) is 62.3 Å². The summed E-state index contributed by atoms with van der Waals surface area (Å²) in [6.45, 7) is 5.99. The zero-order valence-corrected chi connectivity index (χ0v) is 16.7. The summed E-state index contributed by atoms with van der Waals surface area (Å²) in [6.07, 6.45) is -0.616. The van der Waals surface area contributed by atoms with Gasteiger partial charge in [0.2, 0.25) is 6.79 Å². The molecule has 0 bridgehead atoms. The van der Waals surface area contributed by atoms with Gasteiger partial charge in [-0.25, -0.2) is 0 Å². The largest absolute Gasteiger partial charge is 0.490 e. The van der Waals surface area contributed by atoms with Gasteiger partial charge in [0.25, 0.3) is 5.69 Å². The van der Waals surface area contributed by atoms with Gasteiger partial charge >= 0.3 is 0 Å². The van der Waals surface area contributed by atoms with Gasteiger partial charge in [-0.05, 0) is 24.3 Å². The van der Waals surface area contributed by atoms with Crippen LogP contribution in [0.4, 0.5) is 5.69 Å². The van der Waals surface area contributed by atoms with Gasteiger partial charge in [0.15, 0.2) is 11.5 Å². The van der Waals surface area contributed by atoms with Crippen LogP contribution in [0.25, 0.3) is 0 Å². The summed E-state index contributed by atoms with van der Waals surface area (Å²) >= 11 is 0. The van der Waals surface area contributed by atoms with Gasteiger partial charge in [-0.3, -0.25) is 10.1 Å². The summed E-state index contributed by atoms with van der Waals surface area (Å²) in [7, 11) is 0. The van der Waals surface area contributed by atoms with E-state index in [4.69, 9.17) is 14.2 Å². The van der Waals surface area contributed by atoms with Crippen molar-refractivity contribution in [1.82, 2.24) is 0 Å². The lowest BCUT2D eigenvalue weighted by molar-refractivity contribution is -1.02. The van der Waals surface area contributed by atoms with Crippen molar-refractivity contribution in [2.45, 2.75) is 12.6 Å².